The van der Waals surface area contributed by atoms with Crippen molar-refractivity contribution < 1.29 is 55.6 Å². The molecule has 4 aromatic rings. The number of hydrogen-bond acceptors (Lipinski definition) is 0. The molecule has 2 saturated heterocycles. The van der Waals surface area contributed by atoms with Gasteiger partial charge in [0, 0.05) is 31.7 Å². The number of hydrogen-bond donors (Lipinski definition) is 0. The Morgan fingerprint density at radius 1 is 0.298 bits per heavy atom. The molecule has 0 unspecified atom stereocenters. The van der Waals surface area contributed by atoms with Crippen molar-refractivity contribution in [3.63, 3.8) is 0 Å². The van der Waals surface area contributed by atoms with E-state index in [2.05, 4.69) is 121 Å². The SMILES string of the molecule is F[B-](F)(F)F.F[B-](F)(F)F.[Pt+2].c1ccc([PH+]2CC[PH+](c3ccccc3)CC2)cc1.c1ccc([PH+]2CC[PH+](c3ccccc3)CC2)cc1. The maximum absolute atomic E-state index is 9.75. The fourth-order valence-corrected chi connectivity index (χ4v) is 21.2. The van der Waals surface area contributed by atoms with Crippen LogP contribution >= 0.6 is 31.7 Å². The van der Waals surface area contributed by atoms with Gasteiger partial charge >= 0.3 is 35.6 Å². The van der Waals surface area contributed by atoms with Crippen LogP contribution in [0.15, 0.2) is 121 Å². The Labute approximate surface area is 292 Å². The Bertz CT molecular complexity index is 1150. The molecule has 0 atom stereocenters. The molecule has 15 heteroatoms. The molecule has 0 nitrogen and oxygen atoms in total. The zero-order valence-electron chi connectivity index (χ0n) is 25.7. The summed E-state index contributed by atoms with van der Waals surface area (Å²) in [5.74, 6) is 0. The Hall–Kier alpha value is -1.14. The summed E-state index contributed by atoms with van der Waals surface area (Å²) < 4.78 is 78.0. The number of halogens is 8. The van der Waals surface area contributed by atoms with Gasteiger partial charge < -0.3 is 34.5 Å². The van der Waals surface area contributed by atoms with E-state index in [9.17, 15) is 34.5 Å². The van der Waals surface area contributed by atoms with Crippen molar-refractivity contribution in [1.82, 2.24) is 0 Å². The normalized spacial score (nSPS) is 20.8. The van der Waals surface area contributed by atoms with Crippen LogP contribution < -0.4 is 21.2 Å². The first kappa shape index (κ1) is 42.0. The Morgan fingerprint density at radius 2 is 0.426 bits per heavy atom. The molecule has 2 heterocycles. The van der Waals surface area contributed by atoms with Crippen molar-refractivity contribution in [2.75, 3.05) is 49.3 Å². The van der Waals surface area contributed by atoms with Crippen molar-refractivity contribution in [2.24, 2.45) is 0 Å². The van der Waals surface area contributed by atoms with E-state index in [4.69, 9.17) is 0 Å². The summed E-state index contributed by atoms with van der Waals surface area (Å²) in [7, 11) is -13.0. The van der Waals surface area contributed by atoms with E-state index in [1.54, 1.807) is 21.2 Å². The molecular weight excluding hydrogens is 877 g/mol. The smallest absolute Gasteiger partial charge is 0.418 e. The number of rotatable bonds is 4. The van der Waals surface area contributed by atoms with Gasteiger partial charge in [-0.2, -0.15) is 0 Å². The van der Waals surface area contributed by atoms with Gasteiger partial charge in [-0.1, -0.05) is 72.8 Å². The predicted molar refractivity (Wildman–Crippen MR) is 197 cm³/mol. The topological polar surface area (TPSA) is 0 Å². The summed E-state index contributed by atoms with van der Waals surface area (Å²) in [5.41, 5.74) is 0. The van der Waals surface area contributed by atoms with Gasteiger partial charge in [-0.25, -0.2) is 0 Å². The second-order valence-electron chi connectivity index (χ2n) is 10.9. The summed E-state index contributed by atoms with van der Waals surface area (Å²) in [6, 6.07) is 44.9. The minimum absolute atomic E-state index is 0. The zero-order valence-corrected chi connectivity index (χ0v) is 32.0. The molecule has 0 N–H and O–H groups in total. The Balaban J connectivity index is 0.000000251. The molecule has 0 bridgehead atoms. The third-order valence-corrected chi connectivity index (χ3v) is 21.1. The van der Waals surface area contributed by atoms with Gasteiger partial charge in [-0.15, -0.1) is 0 Å². The molecular formula is C32H40B2F8P4Pt+4. The van der Waals surface area contributed by atoms with Crippen LogP contribution in [0.5, 0.6) is 0 Å². The average molecular weight is 917 g/mol. The van der Waals surface area contributed by atoms with Crippen LogP contribution in [0, 0.1) is 0 Å². The molecule has 6 rings (SSSR count). The van der Waals surface area contributed by atoms with E-state index in [-0.39, 0.29) is 52.8 Å². The zero-order chi connectivity index (χ0) is 33.4. The van der Waals surface area contributed by atoms with Crippen LogP contribution in [0.4, 0.5) is 34.5 Å². The second kappa shape index (κ2) is 21.8. The summed E-state index contributed by atoms with van der Waals surface area (Å²) in [5, 5.41) is 6.60. The standard InChI is InChI=1S/2C16H18P2.2BF4.Pt/c2*1-3-7-15(8-4-1)17-11-13-18(14-12-17)16-9-5-2-6-10-16;2*2-1(3,4)5;/h2*1-10H,11-14H2;;;/q;;2*-1;+2/p+4. The van der Waals surface area contributed by atoms with Gasteiger partial charge in [0.05, 0.1) is 70.5 Å². The average Bonchev–Trinajstić information content (AvgIpc) is 3.05. The van der Waals surface area contributed by atoms with Crippen LogP contribution in [0.1, 0.15) is 0 Å². The number of benzene rings is 4. The van der Waals surface area contributed by atoms with Crippen LogP contribution in [-0.4, -0.2) is 63.8 Å². The van der Waals surface area contributed by atoms with Crippen LogP contribution in [0.3, 0.4) is 0 Å². The fourth-order valence-electron chi connectivity index (χ4n) is 5.56. The predicted octanol–water partition coefficient (Wildman–Crippen LogP) is 8.76. The van der Waals surface area contributed by atoms with Crippen molar-refractivity contribution in [2.45, 2.75) is 0 Å². The summed E-state index contributed by atoms with van der Waals surface area (Å²) in [4.78, 5) is 0. The maximum atomic E-state index is 9.75. The molecule has 2 aliphatic rings. The first-order valence-electron chi connectivity index (χ1n) is 15.2. The van der Waals surface area contributed by atoms with E-state index in [1.165, 1.54) is 49.3 Å². The third-order valence-electron chi connectivity index (χ3n) is 7.64. The Kier molecular flexibility index (Phi) is 19.5. The van der Waals surface area contributed by atoms with Crippen LogP contribution in [0.25, 0.3) is 0 Å². The third kappa shape index (κ3) is 18.4. The van der Waals surface area contributed by atoms with Gasteiger partial charge in [0.1, 0.15) is 0 Å². The molecule has 0 saturated carbocycles. The minimum Gasteiger partial charge on any atom is -0.418 e. The molecule has 0 aliphatic carbocycles. The first-order chi connectivity index (χ1) is 21.9. The van der Waals surface area contributed by atoms with E-state index < -0.39 is 14.5 Å². The summed E-state index contributed by atoms with van der Waals surface area (Å²) >= 11 is 0. The van der Waals surface area contributed by atoms with Gasteiger partial charge in [-0.05, 0) is 48.5 Å². The van der Waals surface area contributed by atoms with Gasteiger partial charge in [0.2, 0.25) is 0 Å². The largest absolute Gasteiger partial charge is 2.00 e. The Morgan fingerprint density at radius 3 is 0.553 bits per heavy atom. The van der Waals surface area contributed by atoms with Crippen molar-refractivity contribution in [3.8, 4) is 0 Å². The van der Waals surface area contributed by atoms with Crippen molar-refractivity contribution in [3.05, 3.63) is 121 Å². The first-order valence-corrected chi connectivity index (χ1v) is 22.9. The van der Waals surface area contributed by atoms with Gasteiger partial charge in [0.25, 0.3) is 0 Å². The molecule has 2 aliphatic heterocycles. The van der Waals surface area contributed by atoms with E-state index in [0.717, 1.165) is 0 Å². The maximum Gasteiger partial charge on any atom is 2.00 e. The molecule has 256 valence electrons. The molecule has 4 aromatic carbocycles. The molecule has 0 amide bonds. The van der Waals surface area contributed by atoms with E-state index in [0.29, 0.717) is 0 Å². The quantitative estimate of drug-likeness (QED) is 0.109. The molecule has 2 fully saturated rings. The van der Waals surface area contributed by atoms with E-state index >= 15 is 0 Å². The van der Waals surface area contributed by atoms with Crippen LogP contribution in [-0.2, 0) is 21.1 Å². The van der Waals surface area contributed by atoms with Crippen LogP contribution in [0.2, 0.25) is 0 Å². The molecule has 47 heavy (non-hydrogen) atoms. The van der Waals surface area contributed by atoms with Crippen molar-refractivity contribution >= 4 is 67.4 Å². The molecule has 0 aromatic heterocycles. The van der Waals surface area contributed by atoms with E-state index in [1.807, 2.05) is 0 Å². The van der Waals surface area contributed by atoms with Gasteiger partial charge in [-0.3, -0.25) is 0 Å². The fraction of sp³-hybridized carbons (Fsp3) is 0.250. The summed E-state index contributed by atoms with van der Waals surface area (Å²) in [6.45, 7) is 0. The molecule has 0 spiro atoms. The monoisotopic (exact) mass is 917 g/mol. The van der Waals surface area contributed by atoms with Crippen molar-refractivity contribution in [1.29, 1.82) is 0 Å². The molecule has 0 radical (unpaired) electrons. The minimum atomic E-state index is -6.00. The second-order valence-corrected chi connectivity index (χ2v) is 22.0. The summed E-state index contributed by atoms with van der Waals surface area (Å²) in [6.07, 6.45) is 11.9. The van der Waals surface area contributed by atoms with Gasteiger partial charge in [0.15, 0.2) is 0 Å².